The predicted octanol–water partition coefficient (Wildman–Crippen LogP) is 1.62. The molecule has 4 aromatic rings. The van der Waals surface area contributed by atoms with Crippen molar-refractivity contribution in [2.45, 2.75) is 32.6 Å². The number of rotatable bonds is 6. The van der Waals surface area contributed by atoms with Crippen LogP contribution in [0.1, 0.15) is 47.8 Å². The number of ketones is 1. The largest absolute Gasteiger partial charge is 1.00 e. The number of carbonyl (C=O) groups excluding carboxylic acids is 2. The fourth-order valence-corrected chi connectivity index (χ4v) is 4.24. The molecular formula is C27H23N2NaO3S. The van der Waals surface area contributed by atoms with Gasteiger partial charge in [0.25, 0.3) is 0 Å². The molecule has 0 aliphatic carbocycles. The third-order valence-electron chi connectivity index (χ3n) is 5.56. The van der Waals surface area contributed by atoms with E-state index in [0.717, 1.165) is 22.9 Å². The number of nitrogens with zero attached hydrogens (tertiary/aromatic N) is 2. The maximum absolute atomic E-state index is 13.5. The fourth-order valence-electron chi connectivity index (χ4n) is 3.73. The summed E-state index contributed by atoms with van der Waals surface area (Å²) in [6.45, 7) is 6.39. The topological polar surface area (TPSA) is 83.0 Å². The van der Waals surface area contributed by atoms with Crippen LogP contribution in [0.5, 0.6) is 0 Å². The van der Waals surface area contributed by atoms with Crippen molar-refractivity contribution in [2.75, 3.05) is 0 Å². The summed E-state index contributed by atoms with van der Waals surface area (Å²) in [7, 11) is 0. The van der Waals surface area contributed by atoms with Crippen LogP contribution in [0.15, 0.2) is 78.4 Å². The standard InChI is InChI=1S/C27H24N2O3S.Na/c1-27(2,3)20-12-9-17(10-13-20)15-21(25(30)18-7-5-4-6-8-18)24(26(31)32)19-11-14-22-23(16-19)29-33-28-22;/h4-14,16H,15H2,1-3H3,(H,31,32);/q;+1/p-1/b24-21+;. The van der Waals surface area contributed by atoms with E-state index in [-0.39, 0.29) is 58.3 Å². The van der Waals surface area contributed by atoms with Crippen molar-refractivity contribution in [3.05, 3.63) is 101 Å². The summed E-state index contributed by atoms with van der Waals surface area (Å²) in [4.78, 5) is 25.9. The molecule has 5 nitrogen and oxygen atoms in total. The zero-order valence-corrected chi connectivity index (χ0v) is 22.5. The Hall–Kier alpha value is -2.64. The minimum Gasteiger partial charge on any atom is -0.545 e. The Morgan fingerprint density at radius 1 is 0.853 bits per heavy atom. The third-order valence-corrected chi connectivity index (χ3v) is 6.12. The molecule has 166 valence electrons. The molecule has 0 spiro atoms. The molecule has 0 N–H and O–H groups in total. The summed E-state index contributed by atoms with van der Waals surface area (Å²) >= 11 is 1.05. The minimum atomic E-state index is -1.40. The van der Waals surface area contributed by atoms with Crippen LogP contribution in [-0.2, 0) is 16.6 Å². The van der Waals surface area contributed by atoms with E-state index in [1.165, 1.54) is 0 Å². The molecule has 7 heteroatoms. The molecule has 0 saturated carbocycles. The van der Waals surface area contributed by atoms with Crippen LogP contribution < -0.4 is 34.7 Å². The van der Waals surface area contributed by atoms with E-state index in [9.17, 15) is 14.7 Å². The van der Waals surface area contributed by atoms with Gasteiger partial charge in [-0.3, -0.25) is 4.79 Å². The van der Waals surface area contributed by atoms with Gasteiger partial charge in [-0.05, 0) is 34.2 Å². The Morgan fingerprint density at radius 3 is 2.12 bits per heavy atom. The second-order valence-electron chi connectivity index (χ2n) is 8.93. The number of aliphatic carboxylic acids is 1. The van der Waals surface area contributed by atoms with Gasteiger partial charge in [0.2, 0.25) is 0 Å². The molecule has 0 radical (unpaired) electrons. The molecule has 34 heavy (non-hydrogen) atoms. The average molecular weight is 479 g/mol. The van der Waals surface area contributed by atoms with Crippen molar-refractivity contribution in [3.63, 3.8) is 0 Å². The number of carboxylic acids is 1. The summed E-state index contributed by atoms with van der Waals surface area (Å²) in [6.07, 6.45) is 0.162. The van der Waals surface area contributed by atoms with Gasteiger partial charge >= 0.3 is 29.6 Å². The van der Waals surface area contributed by atoms with Crippen LogP contribution in [0.3, 0.4) is 0 Å². The van der Waals surface area contributed by atoms with Gasteiger partial charge in [0.1, 0.15) is 11.0 Å². The molecule has 3 aromatic carbocycles. The van der Waals surface area contributed by atoms with Crippen LogP contribution in [0.4, 0.5) is 0 Å². The Kier molecular flexibility index (Phi) is 8.21. The van der Waals surface area contributed by atoms with Crippen LogP contribution in [0.25, 0.3) is 16.6 Å². The van der Waals surface area contributed by atoms with Crippen molar-refractivity contribution >= 4 is 40.1 Å². The molecule has 0 fully saturated rings. The van der Waals surface area contributed by atoms with Crippen LogP contribution in [-0.4, -0.2) is 20.5 Å². The van der Waals surface area contributed by atoms with E-state index in [1.54, 1.807) is 42.5 Å². The van der Waals surface area contributed by atoms with E-state index >= 15 is 0 Å². The van der Waals surface area contributed by atoms with Crippen LogP contribution in [0, 0.1) is 0 Å². The smallest absolute Gasteiger partial charge is 0.545 e. The molecule has 0 bridgehead atoms. The SMILES string of the molecule is CC(C)(C)c1ccc(C/C(C(=O)c2ccccc2)=C(\C(=O)[O-])c2ccc3nsnc3c2)cc1.[Na+]. The summed E-state index contributed by atoms with van der Waals surface area (Å²) in [5.41, 5.74) is 4.10. The first-order chi connectivity index (χ1) is 15.7. The Morgan fingerprint density at radius 2 is 1.50 bits per heavy atom. The quantitative estimate of drug-likeness (QED) is 0.239. The molecule has 0 amide bonds. The zero-order chi connectivity index (χ0) is 23.6. The summed E-state index contributed by atoms with van der Waals surface area (Å²) in [6, 6.07) is 21.6. The number of hydrogen-bond donors (Lipinski definition) is 0. The van der Waals surface area contributed by atoms with Gasteiger partial charge in [0.15, 0.2) is 5.78 Å². The fraction of sp³-hybridized carbons (Fsp3) is 0.185. The molecule has 1 heterocycles. The molecule has 0 unspecified atom stereocenters. The Labute approximate surface area is 225 Å². The van der Waals surface area contributed by atoms with Crippen molar-refractivity contribution < 1.29 is 44.3 Å². The van der Waals surface area contributed by atoms with Crippen molar-refractivity contribution in [1.82, 2.24) is 8.75 Å². The maximum atomic E-state index is 13.5. The van der Waals surface area contributed by atoms with Gasteiger partial charge in [-0.1, -0.05) is 81.4 Å². The Bertz CT molecular complexity index is 1350. The first kappa shape index (κ1) is 26.0. The molecule has 0 atom stereocenters. The third kappa shape index (κ3) is 5.70. The van der Waals surface area contributed by atoms with Crippen molar-refractivity contribution in [1.29, 1.82) is 0 Å². The van der Waals surface area contributed by atoms with Crippen LogP contribution in [0.2, 0.25) is 0 Å². The van der Waals surface area contributed by atoms with E-state index in [0.29, 0.717) is 22.2 Å². The van der Waals surface area contributed by atoms with Crippen molar-refractivity contribution in [2.24, 2.45) is 0 Å². The number of fused-ring (bicyclic) bond motifs is 1. The predicted molar refractivity (Wildman–Crippen MR) is 129 cm³/mol. The molecule has 0 saturated heterocycles. The Balaban J connectivity index is 0.00000324. The number of allylic oxidation sites excluding steroid dienone is 1. The number of aromatic nitrogens is 2. The zero-order valence-electron chi connectivity index (χ0n) is 19.7. The molecule has 1 aromatic heterocycles. The van der Waals surface area contributed by atoms with Crippen molar-refractivity contribution in [3.8, 4) is 0 Å². The average Bonchev–Trinajstić information content (AvgIpc) is 3.26. The van der Waals surface area contributed by atoms with Gasteiger partial charge in [-0.2, -0.15) is 8.75 Å². The number of benzene rings is 3. The number of carboxylic acid groups (broad SMARTS) is 1. The second kappa shape index (κ2) is 10.7. The van der Waals surface area contributed by atoms with Gasteiger partial charge in [0.05, 0.1) is 17.7 Å². The molecular weight excluding hydrogens is 455 g/mol. The van der Waals surface area contributed by atoms with Gasteiger partial charge in [-0.25, -0.2) is 0 Å². The van der Waals surface area contributed by atoms with E-state index in [2.05, 4.69) is 29.5 Å². The van der Waals surface area contributed by atoms with E-state index in [1.807, 2.05) is 30.3 Å². The molecule has 0 aliphatic heterocycles. The summed E-state index contributed by atoms with van der Waals surface area (Å²) < 4.78 is 8.38. The molecule has 4 rings (SSSR count). The van der Waals surface area contributed by atoms with Gasteiger partial charge in [0, 0.05) is 23.1 Å². The number of Topliss-reactive ketones (excluding diaryl/α,β-unsaturated/α-hetero) is 1. The number of hydrogen-bond acceptors (Lipinski definition) is 6. The summed E-state index contributed by atoms with van der Waals surface area (Å²) in [5, 5.41) is 12.4. The number of carbonyl (C=O) groups is 2. The second-order valence-corrected chi connectivity index (χ2v) is 9.46. The first-order valence-corrected chi connectivity index (χ1v) is 11.3. The summed E-state index contributed by atoms with van der Waals surface area (Å²) in [5.74, 6) is -1.74. The van der Waals surface area contributed by atoms with Gasteiger partial charge < -0.3 is 9.90 Å². The molecule has 0 aliphatic rings. The van der Waals surface area contributed by atoms with E-state index < -0.39 is 5.97 Å². The first-order valence-electron chi connectivity index (χ1n) is 10.6. The van der Waals surface area contributed by atoms with E-state index in [4.69, 9.17) is 0 Å². The van der Waals surface area contributed by atoms with Gasteiger partial charge in [-0.15, -0.1) is 0 Å². The monoisotopic (exact) mass is 478 g/mol. The minimum absolute atomic E-state index is 0. The van der Waals surface area contributed by atoms with Crippen LogP contribution >= 0.6 is 11.7 Å². The normalized spacial score (nSPS) is 12.1. The maximum Gasteiger partial charge on any atom is 1.00 e.